The lowest BCUT2D eigenvalue weighted by molar-refractivity contribution is -0.137. The summed E-state index contributed by atoms with van der Waals surface area (Å²) >= 11 is 6.19. The van der Waals surface area contributed by atoms with Crippen molar-refractivity contribution < 1.29 is 27.4 Å². The Bertz CT molecular complexity index is 1430. The van der Waals surface area contributed by atoms with Gasteiger partial charge in [0, 0.05) is 17.6 Å². The Kier molecular flexibility index (Phi) is 6.52. The monoisotopic (exact) mass is 519 g/mol. The quantitative estimate of drug-likeness (QED) is 0.331. The predicted octanol–water partition coefficient (Wildman–Crippen LogP) is 5.65. The van der Waals surface area contributed by atoms with Crippen LogP contribution < -0.4 is 4.74 Å². The Morgan fingerprint density at radius 1 is 1.08 bits per heavy atom. The van der Waals surface area contributed by atoms with E-state index in [-0.39, 0.29) is 22.9 Å². The Morgan fingerprint density at radius 3 is 2.50 bits per heavy atom. The Labute approximate surface area is 209 Å². The average Bonchev–Trinajstić information content (AvgIpc) is 3.46. The molecule has 2 aromatic carbocycles. The van der Waals surface area contributed by atoms with Gasteiger partial charge in [0.1, 0.15) is 17.3 Å². The van der Waals surface area contributed by atoms with Crippen LogP contribution in [0.1, 0.15) is 35.7 Å². The maximum absolute atomic E-state index is 13.6. The smallest absolute Gasteiger partial charge is 0.417 e. The standard InChI is InChI=1S/C24H21ClF3N5O3/c1-23(2,22-32-31-20(33(22)3)14-7-5-6-8-16(14)24(26,27)28)36-18-10-9-13(25)11-15(18)19-29-12-17(30-19)21(34)35-4/h5-12H,1-4H3,(H,29,30). The van der Waals surface area contributed by atoms with E-state index in [0.29, 0.717) is 22.2 Å². The van der Waals surface area contributed by atoms with Gasteiger partial charge in [-0.2, -0.15) is 13.2 Å². The first-order valence-electron chi connectivity index (χ1n) is 10.6. The van der Waals surface area contributed by atoms with Crippen molar-refractivity contribution in [3.63, 3.8) is 0 Å². The van der Waals surface area contributed by atoms with Gasteiger partial charge in [0.2, 0.25) is 0 Å². The molecule has 36 heavy (non-hydrogen) atoms. The number of benzene rings is 2. The molecule has 4 aromatic rings. The van der Waals surface area contributed by atoms with Crippen LogP contribution in [0.3, 0.4) is 0 Å². The Hall–Kier alpha value is -3.86. The zero-order chi connectivity index (χ0) is 26.3. The molecular formula is C24H21ClF3N5O3. The lowest BCUT2D eigenvalue weighted by Gasteiger charge is -2.27. The number of alkyl halides is 3. The number of ether oxygens (including phenoxy) is 2. The summed E-state index contributed by atoms with van der Waals surface area (Å²) in [5.41, 5.74) is -1.47. The Morgan fingerprint density at radius 2 is 1.81 bits per heavy atom. The second-order valence-corrected chi connectivity index (χ2v) is 8.78. The van der Waals surface area contributed by atoms with Crippen LogP contribution in [0.2, 0.25) is 5.02 Å². The van der Waals surface area contributed by atoms with E-state index in [1.165, 1.54) is 36.1 Å². The molecule has 1 N–H and O–H groups in total. The number of H-pyrrole nitrogens is 1. The van der Waals surface area contributed by atoms with E-state index in [1.807, 2.05) is 0 Å². The summed E-state index contributed by atoms with van der Waals surface area (Å²) in [5, 5.41) is 8.59. The molecule has 0 saturated heterocycles. The summed E-state index contributed by atoms with van der Waals surface area (Å²) in [4.78, 5) is 18.9. The van der Waals surface area contributed by atoms with Crippen LogP contribution in [0.4, 0.5) is 13.2 Å². The van der Waals surface area contributed by atoms with Crippen LogP contribution in [-0.4, -0.2) is 37.8 Å². The van der Waals surface area contributed by atoms with E-state index in [1.54, 1.807) is 39.1 Å². The zero-order valence-corrected chi connectivity index (χ0v) is 20.4. The fourth-order valence-electron chi connectivity index (χ4n) is 3.78. The van der Waals surface area contributed by atoms with Crippen LogP contribution in [0.25, 0.3) is 22.8 Å². The minimum absolute atomic E-state index is 0.0414. The molecule has 2 aromatic heterocycles. The lowest BCUT2D eigenvalue weighted by atomic mass is 10.1. The van der Waals surface area contributed by atoms with Crippen LogP contribution in [-0.2, 0) is 23.6 Å². The highest BCUT2D eigenvalue weighted by Crippen LogP contribution is 2.39. The molecular weight excluding hydrogens is 499 g/mol. The largest absolute Gasteiger partial charge is 0.479 e. The number of rotatable bonds is 6. The first-order chi connectivity index (χ1) is 16.9. The lowest BCUT2D eigenvalue weighted by Crippen LogP contribution is -2.29. The Balaban J connectivity index is 1.72. The summed E-state index contributed by atoms with van der Waals surface area (Å²) in [6, 6.07) is 10.0. The van der Waals surface area contributed by atoms with Gasteiger partial charge in [0.25, 0.3) is 0 Å². The van der Waals surface area contributed by atoms with Gasteiger partial charge in [-0.25, -0.2) is 9.78 Å². The van der Waals surface area contributed by atoms with Crippen molar-refractivity contribution in [3.05, 3.63) is 70.8 Å². The fourth-order valence-corrected chi connectivity index (χ4v) is 3.95. The minimum Gasteiger partial charge on any atom is -0.479 e. The molecule has 0 atom stereocenters. The molecule has 0 aliphatic heterocycles. The molecule has 8 nitrogen and oxygen atoms in total. The normalized spacial score (nSPS) is 12.0. The fraction of sp³-hybridized carbons (Fsp3) is 0.250. The molecule has 0 radical (unpaired) electrons. The van der Waals surface area contributed by atoms with Crippen LogP contribution >= 0.6 is 11.6 Å². The third-order valence-electron chi connectivity index (χ3n) is 5.43. The molecule has 12 heteroatoms. The molecule has 0 bridgehead atoms. The number of nitrogens with one attached hydrogen (secondary N) is 1. The molecule has 0 spiro atoms. The van der Waals surface area contributed by atoms with Gasteiger partial charge in [-0.05, 0) is 38.1 Å². The number of hydrogen-bond acceptors (Lipinski definition) is 6. The maximum Gasteiger partial charge on any atom is 0.417 e. The first kappa shape index (κ1) is 25.2. The van der Waals surface area contributed by atoms with Crippen molar-refractivity contribution >= 4 is 17.6 Å². The number of imidazole rings is 1. The van der Waals surface area contributed by atoms with Crippen molar-refractivity contribution in [1.82, 2.24) is 24.7 Å². The number of nitrogens with zero attached hydrogens (tertiary/aromatic N) is 4. The molecule has 188 valence electrons. The summed E-state index contributed by atoms with van der Waals surface area (Å²) < 4.78 is 53.2. The van der Waals surface area contributed by atoms with Crippen LogP contribution in [0.5, 0.6) is 5.75 Å². The summed E-state index contributed by atoms with van der Waals surface area (Å²) in [6.07, 6.45) is -3.23. The van der Waals surface area contributed by atoms with E-state index < -0.39 is 23.3 Å². The highest BCUT2D eigenvalue weighted by Gasteiger charge is 2.36. The van der Waals surface area contributed by atoms with Crippen molar-refractivity contribution in [2.24, 2.45) is 7.05 Å². The number of aromatic amines is 1. The maximum atomic E-state index is 13.6. The van der Waals surface area contributed by atoms with Gasteiger partial charge in [-0.15, -0.1) is 10.2 Å². The van der Waals surface area contributed by atoms with Crippen molar-refractivity contribution in [1.29, 1.82) is 0 Å². The van der Waals surface area contributed by atoms with Crippen molar-refractivity contribution in [2.75, 3.05) is 7.11 Å². The molecule has 0 amide bonds. The topological polar surface area (TPSA) is 94.9 Å². The molecule has 0 unspecified atom stereocenters. The highest BCUT2D eigenvalue weighted by molar-refractivity contribution is 6.30. The number of hydrogen-bond donors (Lipinski definition) is 1. The molecule has 2 heterocycles. The van der Waals surface area contributed by atoms with E-state index in [4.69, 9.17) is 21.1 Å². The molecule has 0 fully saturated rings. The van der Waals surface area contributed by atoms with Gasteiger partial charge in [-0.1, -0.05) is 29.8 Å². The summed E-state index contributed by atoms with van der Waals surface area (Å²) in [7, 11) is 2.82. The van der Waals surface area contributed by atoms with Gasteiger partial charge in [0.15, 0.2) is 17.2 Å². The summed E-state index contributed by atoms with van der Waals surface area (Å²) in [5.74, 6) is 0.381. The third-order valence-corrected chi connectivity index (χ3v) is 5.66. The second kappa shape index (κ2) is 9.30. The first-order valence-corrected chi connectivity index (χ1v) is 11.0. The highest BCUT2D eigenvalue weighted by atomic mass is 35.5. The number of esters is 1. The van der Waals surface area contributed by atoms with Gasteiger partial charge < -0.3 is 19.0 Å². The van der Waals surface area contributed by atoms with E-state index in [2.05, 4.69) is 20.2 Å². The SMILES string of the molecule is COC(=O)c1cnc(-c2cc(Cl)ccc2OC(C)(C)c2nnc(-c3ccccc3C(F)(F)F)n2C)[nH]1. The molecule has 0 saturated carbocycles. The van der Waals surface area contributed by atoms with Crippen LogP contribution in [0.15, 0.2) is 48.7 Å². The van der Waals surface area contributed by atoms with E-state index in [0.717, 1.165) is 6.07 Å². The van der Waals surface area contributed by atoms with Crippen molar-refractivity contribution in [2.45, 2.75) is 25.6 Å². The second-order valence-electron chi connectivity index (χ2n) is 8.34. The van der Waals surface area contributed by atoms with E-state index >= 15 is 0 Å². The average molecular weight is 520 g/mol. The van der Waals surface area contributed by atoms with Crippen molar-refractivity contribution in [3.8, 4) is 28.5 Å². The van der Waals surface area contributed by atoms with Gasteiger partial charge in [0.05, 0.1) is 24.4 Å². The number of methoxy groups -OCH3 is 1. The number of carbonyl (C=O) groups is 1. The number of carbonyl (C=O) groups excluding carboxylic acids is 1. The molecule has 0 aliphatic rings. The molecule has 0 aliphatic carbocycles. The zero-order valence-electron chi connectivity index (χ0n) is 19.6. The predicted molar refractivity (Wildman–Crippen MR) is 125 cm³/mol. The number of halogens is 4. The number of aromatic nitrogens is 5. The van der Waals surface area contributed by atoms with Gasteiger partial charge in [-0.3, -0.25) is 0 Å². The summed E-state index contributed by atoms with van der Waals surface area (Å²) in [6.45, 7) is 3.41. The molecule has 4 rings (SSSR count). The van der Waals surface area contributed by atoms with Gasteiger partial charge >= 0.3 is 12.1 Å². The third kappa shape index (κ3) is 4.78. The minimum atomic E-state index is -4.56. The van der Waals surface area contributed by atoms with Crippen LogP contribution in [0, 0.1) is 0 Å². The van der Waals surface area contributed by atoms with E-state index in [9.17, 15) is 18.0 Å².